The fourth-order valence-electron chi connectivity index (χ4n) is 4.01. The highest BCUT2D eigenvalue weighted by molar-refractivity contribution is 7.89. The molecule has 0 atom stereocenters. The van der Waals surface area contributed by atoms with E-state index in [0.717, 1.165) is 45.5 Å². The summed E-state index contributed by atoms with van der Waals surface area (Å²) in [6, 6.07) is 11.8. The molecule has 0 fully saturated rings. The first-order chi connectivity index (χ1) is 16.8. The third-order valence-electron chi connectivity index (χ3n) is 5.74. The van der Waals surface area contributed by atoms with Crippen molar-refractivity contribution in [3.63, 3.8) is 0 Å². The first-order valence-electron chi connectivity index (χ1n) is 10.0. The number of benzene rings is 3. The van der Waals surface area contributed by atoms with Crippen LogP contribution in [0.2, 0.25) is 0 Å². The molecular weight excluding hydrogens is 512 g/mol. The molecule has 0 radical (unpaired) electrons. The SMILES string of the molecule is NS(=O)(=O)c1ccc(-n2c(=O)c3cc4c(=O)n(-c5ccc(S(N)(=O)=O)cc5)c(=O)c4cc3c2=O)cc1. The molecule has 2 heterocycles. The molecule has 5 rings (SSSR count). The standard InChI is InChI=1S/C22H14N4O8S2/c23-35(31,32)13-5-1-11(2-6-13)25-19(27)15-9-17-18(10-16(15)20(25)28)22(30)26(21(17)29)12-3-7-14(8-4-12)36(24,33)34/h1-10H,(H2,23,31,32)(H2,24,33,34). The van der Waals surface area contributed by atoms with Gasteiger partial charge in [0.05, 0.1) is 42.7 Å². The predicted octanol–water partition coefficient (Wildman–Crippen LogP) is -0.814. The maximum absolute atomic E-state index is 13.0. The number of hydrogen-bond acceptors (Lipinski definition) is 8. The number of rotatable bonds is 4. The summed E-state index contributed by atoms with van der Waals surface area (Å²) in [4.78, 5) is 51.8. The summed E-state index contributed by atoms with van der Waals surface area (Å²) >= 11 is 0. The quantitative estimate of drug-likeness (QED) is 0.303. The van der Waals surface area contributed by atoms with E-state index in [0.29, 0.717) is 0 Å². The van der Waals surface area contributed by atoms with Crippen LogP contribution in [-0.4, -0.2) is 26.0 Å². The van der Waals surface area contributed by atoms with E-state index in [1.165, 1.54) is 24.3 Å². The highest BCUT2D eigenvalue weighted by Crippen LogP contribution is 2.18. The Hall–Kier alpha value is -4.24. The van der Waals surface area contributed by atoms with Crippen molar-refractivity contribution < 1.29 is 16.8 Å². The minimum atomic E-state index is -3.99. The lowest BCUT2D eigenvalue weighted by Gasteiger charge is -2.02. The topological polar surface area (TPSA) is 198 Å². The molecule has 0 aliphatic carbocycles. The van der Waals surface area contributed by atoms with Crippen molar-refractivity contribution in [1.29, 1.82) is 0 Å². The Bertz CT molecular complexity index is 1920. The Morgan fingerprint density at radius 1 is 0.472 bits per heavy atom. The third-order valence-corrected chi connectivity index (χ3v) is 7.60. The van der Waals surface area contributed by atoms with Crippen LogP contribution in [0.4, 0.5) is 0 Å². The normalized spacial score (nSPS) is 12.5. The van der Waals surface area contributed by atoms with Crippen molar-refractivity contribution in [3.05, 3.63) is 102 Å². The molecule has 36 heavy (non-hydrogen) atoms. The van der Waals surface area contributed by atoms with Gasteiger partial charge in [0.1, 0.15) is 0 Å². The molecule has 4 N–H and O–H groups in total. The van der Waals surface area contributed by atoms with Crippen LogP contribution in [0.1, 0.15) is 0 Å². The van der Waals surface area contributed by atoms with Crippen molar-refractivity contribution in [2.45, 2.75) is 9.79 Å². The average Bonchev–Trinajstić information content (AvgIpc) is 3.21. The van der Waals surface area contributed by atoms with Crippen LogP contribution < -0.4 is 32.5 Å². The van der Waals surface area contributed by atoms with E-state index < -0.39 is 42.3 Å². The van der Waals surface area contributed by atoms with Gasteiger partial charge in [0.2, 0.25) is 20.0 Å². The molecular formula is C22H14N4O8S2. The lowest BCUT2D eigenvalue weighted by Crippen LogP contribution is -2.24. The minimum absolute atomic E-state index is 0.0722. The summed E-state index contributed by atoms with van der Waals surface area (Å²) in [5.41, 5.74) is -2.92. The van der Waals surface area contributed by atoms with E-state index >= 15 is 0 Å². The number of nitrogens with two attached hydrogens (primary N) is 2. The zero-order chi connectivity index (χ0) is 26.2. The highest BCUT2D eigenvalue weighted by atomic mass is 32.2. The van der Waals surface area contributed by atoms with Gasteiger partial charge in [-0.1, -0.05) is 0 Å². The summed E-state index contributed by atoms with van der Waals surface area (Å²) < 4.78 is 47.5. The second kappa shape index (κ2) is 7.63. The van der Waals surface area contributed by atoms with Crippen LogP contribution in [0.5, 0.6) is 0 Å². The monoisotopic (exact) mass is 526 g/mol. The summed E-state index contributed by atoms with van der Waals surface area (Å²) in [7, 11) is -7.97. The molecule has 0 aliphatic heterocycles. The lowest BCUT2D eigenvalue weighted by molar-refractivity contribution is 0.596. The summed E-state index contributed by atoms with van der Waals surface area (Å²) in [5.74, 6) is 0. The molecule has 12 nitrogen and oxygen atoms in total. The lowest BCUT2D eigenvalue weighted by atomic mass is 10.1. The molecule has 0 unspecified atom stereocenters. The molecule has 182 valence electrons. The molecule has 0 saturated heterocycles. The van der Waals surface area contributed by atoms with E-state index in [-0.39, 0.29) is 42.7 Å². The number of hydrogen-bond donors (Lipinski definition) is 2. The van der Waals surface area contributed by atoms with Gasteiger partial charge in [-0.3, -0.25) is 19.2 Å². The number of primary sulfonamides is 2. The summed E-state index contributed by atoms with van der Waals surface area (Å²) in [6.07, 6.45) is 0. The number of aromatic nitrogens is 2. The second-order valence-corrected chi connectivity index (χ2v) is 11.0. The van der Waals surface area contributed by atoms with Gasteiger partial charge in [0.25, 0.3) is 22.2 Å². The molecule has 5 aromatic rings. The Balaban J connectivity index is 1.72. The maximum Gasteiger partial charge on any atom is 0.266 e. The van der Waals surface area contributed by atoms with E-state index in [4.69, 9.17) is 10.3 Å². The van der Waals surface area contributed by atoms with Gasteiger partial charge in [0, 0.05) is 0 Å². The van der Waals surface area contributed by atoms with Gasteiger partial charge in [-0.05, 0) is 60.7 Å². The number of sulfonamides is 2. The van der Waals surface area contributed by atoms with Crippen molar-refractivity contribution in [3.8, 4) is 11.4 Å². The van der Waals surface area contributed by atoms with Crippen molar-refractivity contribution in [2.75, 3.05) is 0 Å². The molecule has 0 saturated carbocycles. The van der Waals surface area contributed by atoms with E-state index in [2.05, 4.69) is 0 Å². The van der Waals surface area contributed by atoms with Gasteiger partial charge in [-0.25, -0.2) is 36.2 Å². The van der Waals surface area contributed by atoms with Gasteiger partial charge in [-0.15, -0.1) is 0 Å². The van der Waals surface area contributed by atoms with Crippen molar-refractivity contribution in [1.82, 2.24) is 9.13 Å². The first-order valence-corrected chi connectivity index (χ1v) is 13.1. The van der Waals surface area contributed by atoms with Crippen LogP contribution >= 0.6 is 0 Å². The molecule has 3 aromatic carbocycles. The predicted molar refractivity (Wildman–Crippen MR) is 130 cm³/mol. The van der Waals surface area contributed by atoms with Crippen LogP contribution in [0.15, 0.2) is 89.6 Å². The van der Waals surface area contributed by atoms with Crippen LogP contribution in [0.3, 0.4) is 0 Å². The smallest absolute Gasteiger partial charge is 0.266 e. The van der Waals surface area contributed by atoms with Gasteiger partial charge < -0.3 is 0 Å². The van der Waals surface area contributed by atoms with E-state index in [9.17, 15) is 36.0 Å². The second-order valence-electron chi connectivity index (χ2n) is 7.91. The molecule has 0 aliphatic rings. The third kappa shape index (κ3) is 3.51. The van der Waals surface area contributed by atoms with E-state index in [1.54, 1.807) is 0 Å². The zero-order valence-corrected chi connectivity index (χ0v) is 19.5. The van der Waals surface area contributed by atoms with Gasteiger partial charge in [0.15, 0.2) is 0 Å². The van der Waals surface area contributed by atoms with Gasteiger partial charge >= 0.3 is 0 Å². The fraction of sp³-hybridized carbons (Fsp3) is 0. The Morgan fingerprint density at radius 2 is 0.722 bits per heavy atom. The van der Waals surface area contributed by atoms with E-state index in [1.807, 2.05) is 0 Å². The van der Waals surface area contributed by atoms with Crippen molar-refractivity contribution >= 4 is 41.6 Å². The Labute approximate surface area is 201 Å². The number of fused-ring (bicyclic) bond motifs is 2. The van der Waals surface area contributed by atoms with Crippen LogP contribution in [0.25, 0.3) is 32.9 Å². The molecule has 0 spiro atoms. The highest BCUT2D eigenvalue weighted by Gasteiger charge is 2.21. The molecule has 2 aromatic heterocycles. The zero-order valence-electron chi connectivity index (χ0n) is 17.9. The average molecular weight is 527 g/mol. The Morgan fingerprint density at radius 3 is 0.944 bits per heavy atom. The molecule has 0 amide bonds. The maximum atomic E-state index is 13.0. The van der Waals surface area contributed by atoms with Crippen LogP contribution in [0, 0.1) is 0 Å². The largest absolute Gasteiger partial charge is 0.268 e. The Kier molecular flexibility index (Phi) is 4.98. The summed E-state index contributed by atoms with van der Waals surface area (Å²) in [6.45, 7) is 0. The minimum Gasteiger partial charge on any atom is -0.268 e. The fourth-order valence-corrected chi connectivity index (χ4v) is 5.04. The van der Waals surface area contributed by atoms with Crippen molar-refractivity contribution in [2.24, 2.45) is 10.3 Å². The summed E-state index contributed by atoms with van der Waals surface area (Å²) in [5, 5.41) is 9.70. The van der Waals surface area contributed by atoms with Gasteiger partial charge in [-0.2, -0.15) is 0 Å². The molecule has 14 heteroatoms. The first kappa shape index (κ1) is 23.5. The number of nitrogens with zero attached hydrogens (tertiary/aromatic N) is 2. The van der Waals surface area contributed by atoms with Crippen LogP contribution in [-0.2, 0) is 20.0 Å². The molecule has 0 bridgehead atoms.